The third kappa shape index (κ3) is 16.7. The van der Waals surface area contributed by atoms with Crippen LogP contribution in [-0.2, 0) is 39.8 Å². The van der Waals surface area contributed by atoms with E-state index in [0.717, 1.165) is 23.1 Å². The number of nitrogens with zero attached hydrogens (tertiary/aromatic N) is 1. The van der Waals surface area contributed by atoms with Crippen molar-refractivity contribution in [2.75, 3.05) is 33.9 Å². The quantitative estimate of drug-likeness (QED) is 0.0307. The minimum Gasteiger partial charge on any atom is -0.490 e. The van der Waals surface area contributed by atoms with Gasteiger partial charge in [-0.3, -0.25) is 19.2 Å². The number of methoxy groups -OCH3 is 1. The lowest BCUT2D eigenvalue weighted by molar-refractivity contribution is -0.145. The molecule has 398 valence electrons. The molecule has 5 rings (SSSR count). The van der Waals surface area contributed by atoms with Crippen LogP contribution in [0.15, 0.2) is 84.9 Å². The second kappa shape index (κ2) is 25.6. The highest BCUT2D eigenvalue weighted by atomic mass is 35.5. The number of rotatable bonds is 16. The van der Waals surface area contributed by atoms with Crippen LogP contribution in [0.4, 0.5) is 9.59 Å². The molecule has 0 saturated heterocycles. The van der Waals surface area contributed by atoms with Gasteiger partial charge in [0.15, 0.2) is 0 Å². The van der Waals surface area contributed by atoms with E-state index < -0.39 is 83.3 Å². The van der Waals surface area contributed by atoms with Gasteiger partial charge in [-0.05, 0) is 139 Å². The summed E-state index contributed by atoms with van der Waals surface area (Å²) in [5, 5.41) is 22.0. The lowest BCUT2D eigenvalue weighted by Gasteiger charge is -2.33. The highest BCUT2D eigenvalue weighted by Crippen LogP contribution is 2.41. The molecule has 0 radical (unpaired) electrons. The van der Waals surface area contributed by atoms with Crippen molar-refractivity contribution in [3.8, 4) is 33.8 Å². The minimum absolute atomic E-state index is 0.0423. The molecule has 4 aromatic rings. The van der Waals surface area contributed by atoms with Gasteiger partial charge in [0, 0.05) is 48.3 Å². The smallest absolute Gasteiger partial charge is 0.490 e. The van der Waals surface area contributed by atoms with E-state index >= 15 is 4.79 Å². The maximum atomic E-state index is 15.1. The Morgan fingerprint density at radius 1 is 0.824 bits per heavy atom. The molecule has 4 aromatic carbocycles. The Bertz CT molecular complexity index is 2650. The predicted octanol–water partition coefficient (Wildman–Crippen LogP) is 6.40. The van der Waals surface area contributed by atoms with Crippen LogP contribution in [0.25, 0.3) is 22.3 Å². The maximum Gasteiger partial charge on any atom is 0.514 e. The molecule has 0 spiro atoms. The van der Waals surface area contributed by atoms with Crippen molar-refractivity contribution in [1.82, 2.24) is 26.2 Å². The molecule has 0 aromatic heterocycles. The number of carbonyl (C=O) groups is 7. The number of alkyl carbamates (subject to hydrolysis) is 1. The number of nitrogens with two attached hydrogens (primary N) is 1. The lowest BCUT2D eigenvalue weighted by atomic mass is 9.93. The molecule has 1 aliphatic rings. The van der Waals surface area contributed by atoms with E-state index in [2.05, 4.69) is 21.3 Å². The number of ether oxygens (including phenoxy) is 5. The number of halogens is 1. The molecule has 1 aliphatic heterocycles. The van der Waals surface area contributed by atoms with Crippen molar-refractivity contribution in [2.45, 2.75) is 116 Å². The van der Waals surface area contributed by atoms with Crippen LogP contribution < -0.4 is 36.5 Å². The molecule has 5 amide bonds. The molecule has 1 heterocycles. The number of nitrogens with one attached hydrogen (secondary N) is 4. The van der Waals surface area contributed by atoms with Crippen molar-refractivity contribution in [3.05, 3.63) is 107 Å². The molecular formula is C54H67ClN6O13. The summed E-state index contributed by atoms with van der Waals surface area (Å²) in [6, 6.07) is 17.8. The Kier molecular flexibility index (Phi) is 20.0. The molecule has 1 unspecified atom stereocenters. The summed E-state index contributed by atoms with van der Waals surface area (Å²) < 4.78 is 27.8. The summed E-state index contributed by atoms with van der Waals surface area (Å²) in [6.45, 7) is 11.4. The summed E-state index contributed by atoms with van der Waals surface area (Å²) in [6.07, 6.45) is -2.15. The zero-order chi connectivity index (χ0) is 54.5. The average molecular weight is 1040 g/mol. The summed E-state index contributed by atoms with van der Waals surface area (Å²) in [5.41, 5.74) is 7.00. The standard InChI is InChI=1S/C54H67ClN6O13/c1-31-46(63)60-42(50(67)70-9)27-32-13-23-44(72-52(69)74-54(5,6)7)39(26-32)40-28-36(20-24-43(40)71-30-38(62)29-56)45(48(65)58-31)61(8)49(66)41(12-10-11-25-57-51(68)73-53(2,3)4)59-47(64)35-16-14-33(15-17-35)34-18-21-37(55)22-19-34/h13-24,26,28,31,38,41-42,45,62H,10-12,25,27,29-30,56H2,1-9H3,(H,57,68)(H,58,65)(H,59,64)(H,60,63)/t31-,38?,41-,42-,45-/m0/s1. The lowest BCUT2D eigenvalue weighted by Crippen LogP contribution is -2.55. The van der Waals surface area contributed by atoms with Gasteiger partial charge in [0.25, 0.3) is 5.91 Å². The van der Waals surface area contributed by atoms with Gasteiger partial charge in [-0.15, -0.1) is 0 Å². The molecule has 74 heavy (non-hydrogen) atoms. The normalized spacial score (nSPS) is 16.7. The van der Waals surface area contributed by atoms with Crippen molar-refractivity contribution in [2.24, 2.45) is 5.73 Å². The molecule has 0 saturated carbocycles. The van der Waals surface area contributed by atoms with Crippen LogP contribution in [-0.4, -0.2) is 121 Å². The monoisotopic (exact) mass is 1040 g/mol. The van der Waals surface area contributed by atoms with Gasteiger partial charge in [0.05, 0.1) is 7.11 Å². The summed E-state index contributed by atoms with van der Waals surface area (Å²) in [4.78, 5) is 97.8. The Morgan fingerprint density at radius 2 is 1.45 bits per heavy atom. The van der Waals surface area contributed by atoms with Gasteiger partial charge in [-0.2, -0.15) is 0 Å². The summed E-state index contributed by atoms with van der Waals surface area (Å²) in [5.74, 6) is -3.59. The number of amides is 5. The number of carbonyl (C=O) groups excluding carboxylic acids is 7. The summed E-state index contributed by atoms with van der Waals surface area (Å²) in [7, 11) is 2.53. The number of hydrogen-bond donors (Lipinski definition) is 6. The van der Waals surface area contributed by atoms with E-state index in [-0.39, 0.29) is 66.3 Å². The zero-order valence-electron chi connectivity index (χ0n) is 43.2. The number of benzene rings is 4. The molecule has 5 atom stereocenters. The second-order valence-corrected chi connectivity index (χ2v) is 20.2. The SMILES string of the molecule is COC(=O)[C@@H]1Cc2ccc(OC(=O)OC(C)(C)C)c(c2)-c2cc(ccc2OCC(O)CN)[C@H](N(C)C(=O)[C@H](CCCCNC(=O)OC(C)(C)C)NC(=O)c2ccc(-c3ccc(Cl)cc3)cc2)C(=O)N[C@@H](C)C(=O)N1. The van der Waals surface area contributed by atoms with Crippen LogP contribution in [0.1, 0.15) is 95.3 Å². The largest absolute Gasteiger partial charge is 0.514 e. The first-order valence-electron chi connectivity index (χ1n) is 24.1. The highest BCUT2D eigenvalue weighted by Gasteiger charge is 2.37. The van der Waals surface area contributed by atoms with Crippen LogP contribution >= 0.6 is 11.6 Å². The summed E-state index contributed by atoms with van der Waals surface area (Å²) >= 11 is 6.10. The molecule has 7 N–H and O–H groups in total. The van der Waals surface area contributed by atoms with Crippen molar-refractivity contribution in [3.63, 3.8) is 0 Å². The van der Waals surface area contributed by atoms with Gasteiger partial charge in [-0.1, -0.05) is 48.0 Å². The van der Waals surface area contributed by atoms with Crippen molar-refractivity contribution in [1.29, 1.82) is 0 Å². The third-order valence-corrected chi connectivity index (χ3v) is 11.7. The number of likely N-dealkylation sites (N-methyl/N-ethyl adjacent to an activating group) is 1. The number of aliphatic hydroxyl groups is 1. The Morgan fingerprint density at radius 3 is 2.07 bits per heavy atom. The van der Waals surface area contributed by atoms with Crippen LogP contribution in [0.2, 0.25) is 5.02 Å². The highest BCUT2D eigenvalue weighted by molar-refractivity contribution is 6.30. The maximum absolute atomic E-state index is 15.1. The molecule has 20 heteroatoms. The van der Waals surface area contributed by atoms with E-state index in [1.807, 2.05) is 12.1 Å². The number of esters is 1. The van der Waals surface area contributed by atoms with Gasteiger partial charge >= 0.3 is 18.2 Å². The van der Waals surface area contributed by atoms with Gasteiger partial charge < -0.3 is 60.7 Å². The number of fused-ring (bicyclic) bond motifs is 5. The molecule has 4 bridgehead atoms. The fourth-order valence-corrected chi connectivity index (χ4v) is 7.88. The van der Waals surface area contributed by atoms with Gasteiger partial charge in [0.2, 0.25) is 17.7 Å². The molecule has 0 aliphatic carbocycles. The number of hydrogen-bond acceptors (Lipinski definition) is 14. The van der Waals surface area contributed by atoms with Crippen LogP contribution in [0.3, 0.4) is 0 Å². The van der Waals surface area contributed by atoms with Crippen molar-refractivity contribution < 1.29 is 62.4 Å². The van der Waals surface area contributed by atoms with E-state index in [9.17, 15) is 33.9 Å². The average Bonchev–Trinajstić information content (AvgIpc) is 3.33. The van der Waals surface area contributed by atoms with E-state index in [0.29, 0.717) is 23.4 Å². The zero-order valence-corrected chi connectivity index (χ0v) is 43.9. The fourth-order valence-electron chi connectivity index (χ4n) is 7.76. The molecule has 0 fully saturated rings. The Hall–Kier alpha value is -7.22. The Labute approximate surface area is 436 Å². The van der Waals surface area contributed by atoms with Crippen LogP contribution in [0, 0.1) is 0 Å². The Balaban J connectivity index is 1.62. The first kappa shape index (κ1) is 57.7. The van der Waals surface area contributed by atoms with Crippen LogP contribution in [0.5, 0.6) is 11.5 Å². The fraction of sp³-hybridized carbons (Fsp3) is 0.426. The predicted molar refractivity (Wildman–Crippen MR) is 276 cm³/mol. The number of aliphatic hydroxyl groups excluding tert-OH is 1. The van der Waals surface area contributed by atoms with E-state index in [1.165, 1.54) is 38.2 Å². The molecular weight excluding hydrogens is 976 g/mol. The first-order chi connectivity index (χ1) is 34.9. The topological polar surface area (TPSA) is 263 Å². The van der Waals surface area contributed by atoms with Crippen molar-refractivity contribution >= 4 is 53.4 Å². The molecule has 19 nitrogen and oxygen atoms in total. The second-order valence-electron chi connectivity index (χ2n) is 19.8. The van der Waals surface area contributed by atoms with E-state index in [1.54, 1.807) is 90.1 Å². The number of unbranched alkanes of at least 4 members (excludes halogenated alkanes) is 1. The van der Waals surface area contributed by atoms with Gasteiger partial charge in [0.1, 0.15) is 59.6 Å². The third-order valence-electron chi connectivity index (χ3n) is 11.4. The first-order valence-corrected chi connectivity index (χ1v) is 24.5. The van der Waals surface area contributed by atoms with Gasteiger partial charge in [-0.25, -0.2) is 14.4 Å². The van der Waals surface area contributed by atoms with E-state index in [4.69, 9.17) is 41.0 Å². The minimum atomic E-state index is -1.54.